The van der Waals surface area contributed by atoms with E-state index in [1.807, 2.05) is 0 Å². The molecule has 0 saturated carbocycles. The van der Waals surface area contributed by atoms with E-state index in [2.05, 4.69) is 20.9 Å². The molecule has 1 N–H and O–H groups in total. The van der Waals surface area contributed by atoms with Crippen LogP contribution in [0.3, 0.4) is 0 Å². The fourth-order valence-corrected chi connectivity index (χ4v) is 1.86. The van der Waals surface area contributed by atoms with Crippen LogP contribution in [0.1, 0.15) is 5.69 Å². The SMILES string of the molecule is Cc1nc(Br)ccc1NS(=O)(=O)C(F)(F)F. The van der Waals surface area contributed by atoms with Crippen molar-refractivity contribution in [2.45, 2.75) is 12.4 Å². The van der Waals surface area contributed by atoms with Gasteiger partial charge in [0.15, 0.2) is 0 Å². The Morgan fingerprint density at radius 1 is 1.38 bits per heavy atom. The maximum atomic E-state index is 12.0. The Hall–Kier alpha value is -0.830. The van der Waals surface area contributed by atoms with Gasteiger partial charge in [-0.1, -0.05) is 0 Å². The van der Waals surface area contributed by atoms with Gasteiger partial charge in [-0.15, -0.1) is 0 Å². The maximum absolute atomic E-state index is 12.0. The number of rotatable bonds is 2. The summed E-state index contributed by atoms with van der Waals surface area (Å²) >= 11 is 3.00. The highest BCUT2D eigenvalue weighted by atomic mass is 79.9. The molecule has 1 rings (SSSR count). The zero-order valence-corrected chi connectivity index (χ0v) is 10.2. The van der Waals surface area contributed by atoms with Crippen molar-refractivity contribution < 1.29 is 21.6 Å². The molecule has 0 aromatic carbocycles. The average Bonchev–Trinajstić information content (AvgIpc) is 2.08. The van der Waals surface area contributed by atoms with Crippen LogP contribution < -0.4 is 4.72 Å². The number of pyridine rings is 1. The van der Waals surface area contributed by atoms with Gasteiger partial charge >= 0.3 is 15.5 Å². The van der Waals surface area contributed by atoms with Gasteiger partial charge in [-0.25, -0.2) is 4.98 Å². The van der Waals surface area contributed by atoms with E-state index in [1.54, 1.807) is 0 Å². The number of halogens is 4. The standard InChI is InChI=1S/C7H6BrF3N2O2S/c1-4-5(2-3-6(8)12-4)13-16(14,15)7(9,10)11/h2-3,13H,1H3. The number of nitrogens with one attached hydrogen (secondary N) is 1. The summed E-state index contributed by atoms with van der Waals surface area (Å²) in [6, 6.07) is 2.52. The number of anilines is 1. The van der Waals surface area contributed by atoms with Crippen LogP contribution in [0.2, 0.25) is 0 Å². The molecule has 1 heterocycles. The van der Waals surface area contributed by atoms with Gasteiger partial charge in [0.2, 0.25) is 0 Å². The van der Waals surface area contributed by atoms with Crippen LogP contribution in [-0.2, 0) is 10.0 Å². The second-order valence-corrected chi connectivity index (χ2v) is 5.30. The first-order chi connectivity index (χ1) is 7.13. The Morgan fingerprint density at radius 3 is 2.38 bits per heavy atom. The topological polar surface area (TPSA) is 59.1 Å². The van der Waals surface area contributed by atoms with Crippen molar-refractivity contribution in [3.63, 3.8) is 0 Å². The van der Waals surface area contributed by atoms with Crippen molar-refractivity contribution in [3.8, 4) is 0 Å². The van der Waals surface area contributed by atoms with Crippen LogP contribution in [0.5, 0.6) is 0 Å². The minimum absolute atomic E-state index is 0.141. The molecular weight excluding hydrogens is 313 g/mol. The molecule has 1 aromatic rings. The van der Waals surface area contributed by atoms with E-state index >= 15 is 0 Å². The predicted molar refractivity (Wildman–Crippen MR) is 55.3 cm³/mol. The van der Waals surface area contributed by atoms with Gasteiger partial charge in [0.25, 0.3) is 0 Å². The lowest BCUT2D eigenvalue weighted by atomic mass is 10.3. The maximum Gasteiger partial charge on any atom is 0.516 e. The second kappa shape index (κ2) is 4.21. The Kier molecular flexibility index (Phi) is 3.48. The second-order valence-electron chi connectivity index (χ2n) is 2.82. The summed E-state index contributed by atoms with van der Waals surface area (Å²) in [5.74, 6) is 0. The summed E-state index contributed by atoms with van der Waals surface area (Å²) in [4.78, 5) is 3.76. The van der Waals surface area contributed by atoms with Crippen molar-refractivity contribution in [1.29, 1.82) is 0 Å². The molecule has 0 aliphatic carbocycles. The number of hydrogen-bond donors (Lipinski definition) is 1. The number of hydrogen-bond acceptors (Lipinski definition) is 3. The lowest BCUT2D eigenvalue weighted by Gasteiger charge is -2.11. The van der Waals surface area contributed by atoms with Crippen molar-refractivity contribution in [3.05, 3.63) is 22.4 Å². The lowest BCUT2D eigenvalue weighted by Crippen LogP contribution is -2.30. The summed E-state index contributed by atoms with van der Waals surface area (Å²) in [7, 11) is -5.39. The molecule has 0 bridgehead atoms. The van der Waals surface area contributed by atoms with Gasteiger partial charge in [-0.05, 0) is 35.0 Å². The highest BCUT2D eigenvalue weighted by molar-refractivity contribution is 9.10. The first-order valence-electron chi connectivity index (χ1n) is 3.86. The van der Waals surface area contributed by atoms with Gasteiger partial charge in [-0.2, -0.15) is 21.6 Å². The fraction of sp³-hybridized carbons (Fsp3) is 0.286. The number of sulfonamides is 1. The summed E-state index contributed by atoms with van der Waals surface area (Å²) in [5.41, 5.74) is -5.41. The molecule has 4 nitrogen and oxygen atoms in total. The van der Waals surface area contributed by atoms with E-state index in [4.69, 9.17) is 0 Å². The third-order valence-electron chi connectivity index (χ3n) is 1.60. The third kappa shape index (κ3) is 2.85. The van der Waals surface area contributed by atoms with Crippen LogP contribution in [0.25, 0.3) is 0 Å². The minimum atomic E-state index is -5.39. The normalized spacial score (nSPS) is 12.6. The Balaban J connectivity index is 3.07. The summed E-state index contributed by atoms with van der Waals surface area (Å²) in [5, 5.41) is 0. The quantitative estimate of drug-likeness (QED) is 0.852. The molecule has 0 radical (unpaired) electrons. The Labute approximate surface area is 98.1 Å². The third-order valence-corrected chi connectivity index (χ3v) is 3.14. The largest absolute Gasteiger partial charge is 0.516 e. The van der Waals surface area contributed by atoms with Crippen LogP contribution >= 0.6 is 15.9 Å². The van der Waals surface area contributed by atoms with Gasteiger partial charge in [0.1, 0.15) is 4.60 Å². The molecule has 90 valence electrons. The van der Waals surface area contributed by atoms with E-state index in [0.717, 1.165) is 0 Å². The number of nitrogens with zero attached hydrogens (tertiary/aromatic N) is 1. The van der Waals surface area contributed by atoms with Crippen molar-refractivity contribution in [2.75, 3.05) is 4.72 Å². The van der Waals surface area contributed by atoms with Gasteiger partial charge in [-0.3, -0.25) is 4.72 Å². The van der Waals surface area contributed by atoms with Gasteiger partial charge in [0.05, 0.1) is 11.4 Å². The molecule has 0 fully saturated rings. The van der Waals surface area contributed by atoms with Crippen LogP contribution in [0.15, 0.2) is 16.7 Å². The summed E-state index contributed by atoms with van der Waals surface area (Å²) in [6.45, 7) is 1.39. The van der Waals surface area contributed by atoms with Gasteiger partial charge in [0, 0.05) is 0 Å². The Morgan fingerprint density at radius 2 is 1.94 bits per heavy atom. The molecule has 0 amide bonds. The fourth-order valence-electron chi connectivity index (χ4n) is 0.841. The van der Waals surface area contributed by atoms with E-state index < -0.39 is 15.5 Å². The highest BCUT2D eigenvalue weighted by Gasteiger charge is 2.46. The van der Waals surface area contributed by atoms with Crippen LogP contribution in [0, 0.1) is 6.92 Å². The van der Waals surface area contributed by atoms with E-state index in [-0.39, 0.29) is 11.4 Å². The minimum Gasteiger partial charge on any atom is -0.274 e. The van der Waals surface area contributed by atoms with Crippen LogP contribution in [0.4, 0.5) is 18.9 Å². The summed E-state index contributed by atoms with van der Waals surface area (Å²) in [6.07, 6.45) is 0. The highest BCUT2D eigenvalue weighted by Crippen LogP contribution is 2.26. The van der Waals surface area contributed by atoms with E-state index in [0.29, 0.717) is 4.60 Å². The van der Waals surface area contributed by atoms with Crippen LogP contribution in [-0.4, -0.2) is 18.9 Å². The number of aryl methyl sites for hydroxylation is 1. The molecule has 0 spiro atoms. The molecule has 16 heavy (non-hydrogen) atoms. The molecule has 0 unspecified atom stereocenters. The molecule has 0 saturated heterocycles. The molecule has 1 aromatic heterocycles. The molecule has 9 heteroatoms. The smallest absolute Gasteiger partial charge is 0.274 e. The molecule has 0 aliphatic heterocycles. The number of aromatic nitrogens is 1. The summed E-state index contributed by atoms with van der Waals surface area (Å²) < 4.78 is 59.5. The van der Waals surface area contributed by atoms with Crippen molar-refractivity contribution in [2.24, 2.45) is 0 Å². The Bertz CT molecular complexity index is 501. The average molecular weight is 319 g/mol. The van der Waals surface area contributed by atoms with E-state index in [9.17, 15) is 21.6 Å². The zero-order chi connectivity index (χ0) is 12.6. The van der Waals surface area contributed by atoms with Crippen molar-refractivity contribution in [1.82, 2.24) is 4.98 Å². The van der Waals surface area contributed by atoms with Gasteiger partial charge < -0.3 is 0 Å². The monoisotopic (exact) mass is 318 g/mol. The molecule has 0 aliphatic rings. The van der Waals surface area contributed by atoms with E-state index in [1.165, 1.54) is 23.8 Å². The molecular formula is C7H6BrF3N2O2S. The zero-order valence-electron chi connectivity index (χ0n) is 7.84. The predicted octanol–water partition coefficient (Wildman–Crippen LogP) is 2.41. The number of alkyl halides is 3. The lowest BCUT2D eigenvalue weighted by molar-refractivity contribution is -0.0429. The van der Waals surface area contributed by atoms with Crippen molar-refractivity contribution >= 4 is 31.6 Å². The first kappa shape index (κ1) is 13.2. The first-order valence-corrected chi connectivity index (χ1v) is 6.13. The molecule has 0 atom stereocenters.